The van der Waals surface area contributed by atoms with Gasteiger partial charge in [-0.05, 0) is 29.8 Å². The number of anilines is 1. The van der Waals surface area contributed by atoms with Crippen molar-refractivity contribution in [2.75, 3.05) is 18.0 Å². The Balaban J connectivity index is 1.47. The smallest absolute Gasteiger partial charge is 0.414 e. The number of nitrogens with one attached hydrogen (secondary N) is 1. The summed E-state index contributed by atoms with van der Waals surface area (Å²) in [6.45, 7) is 1.81. The third kappa shape index (κ3) is 4.27. The maximum atomic E-state index is 14.8. The molecule has 3 aromatic rings. The zero-order valence-electron chi connectivity index (χ0n) is 16.2. The Labute approximate surface area is 171 Å². The molecule has 0 spiro atoms. The minimum absolute atomic E-state index is 0.205. The second kappa shape index (κ2) is 8.27. The number of pyridine rings is 1. The first-order valence-corrected chi connectivity index (χ1v) is 9.32. The Kier molecular flexibility index (Phi) is 5.38. The van der Waals surface area contributed by atoms with Crippen molar-refractivity contribution in [2.24, 2.45) is 0 Å². The monoisotopic (exact) mass is 410 g/mol. The molecule has 1 atom stereocenters. The van der Waals surface area contributed by atoms with E-state index in [-0.39, 0.29) is 24.7 Å². The van der Waals surface area contributed by atoms with Crippen LogP contribution in [0, 0.1) is 5.82 Å². The lowest BCUT2D eigenvalue weighted by Gasteiger charge is -2.14. The van der Waals surface area contributed by atoms with Crippen LogP contribution < -0.4 is 10.2 Å². The van der Waals surface area contributed by atoms with Crippen molar-refractivity contribution < 1.29 is 18.7 Å². The molecule has 0 saturated carbocycles. The van der Waals surface area contributed by atoms with E-state index in [1.165, 1.54) is 28.6 Å². The number of cyclic esters (lactones) is 1. The van der Waals surface area contributed by atoms with E-state index in [0.29, 0.717) is 17.8 Å². The van der Waals surface area contributed by atoms with Crippen LogP contribution in [0.4, 0.5) is 14.9 Å². The first-order valence-electron chi connectivity index (χ1n) is 9.32. The fourth-order valence-corrected chi connectivity index (χ4v) is 3.15. The molecule has 10 heteroatoms. The molecule has 1 fully saturated rings. The van der Waals surface area contributed by atoms with E-state index in [4.69, 9.17) is 4.74 Å². The molecule has 4 rings (SSSR count). The summed E-state index contributed by atoms with van der Waals surface area (Å²) in [7, 11) is 0. The van der Waals surface area contributed by atoms with Gasteiger partial charge in [-0.1, -0.05) is 11.3 Å². The highest BCUT2D eigenvalue weighted by atomic mass is 19.1. The summed E-state index contributed by atoms with van der Waals surface area (Å²) >= 11 is 0. The molecule has 2 aromatic heterocycles. The Morgan fingerprint density at radius 1 is 1.37 bits per heavy atom. The molecule has 0 unspecified atom stereocenters. The van der Waals surface area contributed by atoms with Crippen LogP contribution in [-0.4, -0.2) is 51.2 Å². The molecule has 3 heterocycles. The summed E-state index contributed by atoms with van der Waals surface area (Å²) in [6, 6.07) is 8.16. The molecule has 1 aliphatic heterocycles. The zero-order valence-corrected chi connectivity index (χ0v) is 16.2. The number of hydrogen-bond acceptors (Lipinski definition) is 6. The van der Waals surface area contributed by atoms with Crippen molar-refractivity contribution in [3.63, 3.8) is 0 Å². The summed E-state index contributed by atoms with van der Waals surface area (Å²) < 4.78 is 21.3. The van der Waals surface area contributed by atoms with Gasteiger partial charge in [-0.25, -0.2) is 13.9 Å². The van der Waals surface area contributed by atoms with E-state index in [1.807, 2.05) is 12.1 Å². The fourth-order valence-electron chi connectivity index (χ4n) is 3.15. The summed E-state index contributed by atoms with van der Waals surface area (Å²) in [5, 5.41) is 10.7. The summed E-state index contributed by atoms with van der Waals surface area (Å²) in [5.74, 6) is -0.765. The molecule has 1 aromatic carbocycles. The number of rotatable bonds is 6. The van der Waals surface area contributed by atoms with E-state index in [9.17, 15) is 14.0 Å². The number of ether oxygens (including phenoxy) is 1. The van der Waals surface area contributed by atoms with Crippen LogP contribution in [0.3, 0.4) is 0 Å². The average molecular weight is 410 g/mol. The number of aromatic nitrogens is 4. The van der Waals surface area contributed by atoms with Gasteiger partial charge in [0.25, 0.3) is 0 Å². The maximum Gasteiger partial charge on any atom is 0.414 e. The van der Waals surface area contributed by atoms with Crippen LogP contribution in [0.5, 0.6) is 0 Å². The van der Waals surface area contributed by atoms with Gasteiger partial charge in [0.05, 0.1) is 30.7 Å². The molecule has 2 amide bonds. The van der Waals surface area contributed by atoms with E-state index >= 15 is 0 Å². The number of carbonyl (C=O) groups is 2. The first-order chi connectivity index (χ1) is 14.5. The lowest BCUT2D eigenvalue weighted by atomic mass is 10.2. The fraction of sp³-hybridized carbons (Fsp3) is 0.250. The van der Waals surface area contributed by atoms with E-state index in [2.05, 4.69) is 20.6 Å². The van der Waals surface area contributed by atoms with Gasteiger partial charge in [0, 0.05) is 25.7 Å². The number of amides is 2. The average Bonchev–Trinajstić information content (AvgIpc) is 3.33. The molecule has 0 radical (unpaired) electrons. The highest BCUT2D eigenvalue weighted by Crippen LogP contribution is 2.25. The first kappa shape index (κ1) is 19.5. The van der Waals surface area contributed by atoms with Gasteiger partial charge >= 0.3 is 6.09 Å². The highest BCUT2D eigenvalue weighted by molar-refractivity contribution is 5.90. The Morgan fingerprint density at radius 3 is 2.97 bits per heavy atom. The lowest BCUT2D eigenvalue weighted by molar-refractivity contribution is -0.119. The molecular weight excluding hydrogens is 391 g/mol. The predicted molar refractivity (Wildman–Crippen MR) is 105 cm³/mol. The highest BCUT2D eigenvalue weighted by Gasteiger charge is 2.32. The van der Waals surface area contributed by atoms with E-state index in [0.717, 1.165) is 5.56 Å². The van der Waals surface area contributed by atoms with Crippen molar-refractivity contribution in [3.05, 3.63) is 66.0 Å². The lowest BCUT2D eigenvalue weighted by Crippen LogP contribution is -2.33. The Hall–Kier alpha value is -3.82. The number of nitrogens with zero attached hydrogens (tertiary/aromatic N) is 5. The number of benzene rings is 1. The maximum absolute atomic E-state index is 14.8. The molecule has 9 nitrogen and oxygen atoms in total. The van der Waals surface area contributed by atoms with Crippen LogP contribution in [-0.2, 0) is 16.0 Å². The third-order valence-electron chi connectivity index (χ3n) is 4.59. The van der Waals surface area contributed by atoms with Crippen molar-refractivity contribution in [2.45, 2.75) is 19.4 Å². The second-order valence-electron chi connectivity index (χ2n) is 6.88. The molecule has 1 saturated heterocycles. The van der Waals surface area contributed by atoms with Gasteiger partial charge in [-0.3, -0.25) is 14.7 Å². The molecule has 0 aliphatic carbocycles. The zero-order chi connectivity index (χ0) is 21.1. The minimum atomic E-state index is -0.586. The van der Waals surface area contributed by atoms with E-state index < -0.39 is 18.0 Å². The van der Waals surface area contributed by atoms with Gasteiger partial charge in [-0.15, -0.1) is 5.10 Å². The predicted octanol–water partition coefficient (Wildman–Crippen LogP) is 1.85. The molecule has 1 aliphatic rings. The number of halogens is 1. The molecule has 154 valence electrons. The van der Waals surface area contributed by atoms with Gasteiger partial charge in [0.2, 0.25) is 5.91 Å². The summed E-state index contributed by atoms with van der Waals surface area (Å²) in [4.78, 5) is 28.5. The van der Waals surface area contributed by atoms with Crippen LogP contribution in [0.2, 0.25) is 0 Å². The van der Waals surface area contributed by atoms with Gasteiger partial charge in [0.1, 0.15) is 11.8 Å². The van der Waals surface area contributed by atoms with Crippen LogP contribution >= 0.6 is 0 Å². The third-order valence-corrected chi connectivity index (χ3v) is 4.59. The summed E-state index contributed by atoms with van der Waals surface area (Å²) in [5.41, 5.74) is 2.23. The van der Waals surface area contributed by atoms with Crippen molar-refractivity contribution >= 4 is 17.7 Å². The normalized spacial score (nSPS) is 15.9. The topological polar surface area (TPSA) is 102 Å². The molecule has 0 bridgehead atoms. The van der Waals surface area contributed by atoms with Crippen LogP contribution in [0.25, 0.3) is 5.69 Å². The van der Waals surface area contributed by atoms with Crippen molar-refractivity contribution in [1.29, 1.82) is 0 Å². The Morgan fingerprint density at radius 2 is 2.23 bits per heavy atom. The summed E-state index contributed by atoms with van der Waals surface area (Å²) in [6.07, 6.45) is 4.53. The minimum Gasteiger partial charge on any atom is -0.442 e. The second-order valence-corrected chi connectivity index (χ2v) is 6.88. The van der Waals surface area contributed by atoms with Crippen LogP contribution in [0.15, 0.2) is 48.9 Å². The number of carbonyl (C=O) groups excluding carboxylic acids is 2. The SMILES string of the molecule is CC(=O)NC[C@H]1CN(c2ccc(-n3cc(Cc4cccnc4)nn3)c(F)c2)C(=O)O1. The molecule has 1 N–H and O–H groups in total. The van der Waals surface area contributed by atoms with Crippen molar-refractivity contribution in [1.82, 2.24) is 25.3 Å². The van der Waals surface area contributed by atoms with Gasteiger partial charge in [0.15, 0.2) is 5.82 Å². The largest absolute Gasteiger partial charge is 0.442 e. The molecule has 30 heavy (non-hydrogen) atoms. The number of hydrogen-bond donors (Lipinski definition) is 1. The standard InChI is InChI=1S/C20H19FN6O3/c1-13(28)23-10-17-12-26(20(29)30-17)16-4-5-19(18(21)8-16)27-11-15(24-25-27)7-14-3-2-6-22-9-14/h2-6,8-9,11,17H,7,10,12H2,1H3,(H,23,28)/t17-/m0/s1. The Bertz CT molecular complexity index is 1070. The molecular formula is C20H19FN6O3. The van der Waals surface area contributed by atoms with Gasteiger partial charge < -0.3 is 10.1 Å². The van der Waals surface area contributed by atoms with Crippen LogP contribution in [0.1, 0.15) is 18.2 Å². The van der Waals surface area contributed by atoms with Gasteiger partial charge in [-0.2, -0.15) is 0 Å². The van der Waals surface area contributed by atoms with Crippen molar-refractivity contribution in [3.8, 4) is 5.69 Å². The van der Waals surface area contributed by atoms with E-state index in [1.54, 1.807) is 24.7 Å². The quantitative estimate of drug-likeness (QED) is 0.666.